The zero-order valence-corrected chi connectivity index (χ0v) is 16.5. The molecule has 3 rings (SSSR count). The average Bonchev–Trinajstić information content (AvgIpc) is 3.16. The lowest BCUT2D eigenvalue weighted by Gasteiger charge is -2.18. The first-order chi connectivity index (χ1) is 12.6. The van der Waals surface area contributed by atoms with Gasteiger partial charge >= 0.3 is 0 Å². The van der Waals surface area contributed by atoms with E-state index in [-0.39, 0.29) is 0 Å². The van der Waals surface area contributed by atoms with Crippen LogP contribution in [0.3, 0.4) is 0 Å². The van der Waals surface area contributed by atoms with Gasteiger partial charge in [0.25, 0.3) is 0 Å². The van der Waals surface area contributed by atoms with E-state index in [1.54, 1.807) is 0 Å². The molecule has 1 aliphatic carbocycles. The largest absolute Gasteiger partial charge is 0.0985 e. The predicted octanol–water partition coefficient (Wildman–Crippen LogP) is 7.33. The summed E-state index contributed by atoms with van der Waals surface area (Å²) < 4.78 is 0. The molecule has 26 heavy (non-hydrogen) atoms. The zero-order chi connectivity index (χ0) is 18.5. The first-order valence-corrected chi connectivity index (χ1v) is 10.1. The molecule has 0 aliphatic heterocycles. The molecule has 0 heterocycles. The van der Waals surface area contributed by atoms with Gasteiger partial charge in [-0.3, -0.25) is 0 Å². The first kappa shape index (κ1) is 18.7. The van der Waals surface area contributed by atoms with Gasteiger partial charge in [0.1, 0.15) is 0 Å². The molecule has 0 bridgehead atoms. The van der Waals surface area contributed by atoms with Crippen molar-refractivity contribution in [2.75, 3.05) is 0 Å². The van der Waals surface area contributed by atoms with Crippen LogP contribution < -0.4 is 0 Å². The van der Waals surface area contributed by atoms with Crippen LogP contribution in [0.4, 0.5) is 0 Å². The molecule has 1 fully saturated rings. The number of aryl methyl sites for hydroxylation is 2. The summed E-state index contributed by atoms with van der Waals surface area (Å²) in [6.45, 7) is 12.9. The van der Waals surface area contributed by atoms with Crippen molar-refractivity contribution in [2.45, 2.75) is 58.8 Å². The molecule has 0 nitrogen and oxygen atoms in total. The molecule has 136 valence electrons. The van der Waals surface area contributed by atoms with Crippen molar-refractivity contribution in [3.63, 3.8) is 0 Å². The third kappa shape index (κ3) is 4.18. The normalized spacial score (nSPS) is 14.5. The monoisotopic (exact) mass is 344 g/mol. The molecule has 0 saturated heterocycles. The first-order valence-electron chi connectivity index (χ1n) is 10.1. The molecule has 0 spiro atoms. The second-order valence-electron chi connectivity index (χ2n) is 7.88. The number of allylic oxidation sites excluding steroid dienone is 1. The van der Waals surface area contributed by atoms with E-state index in [4.69, 9.17) is 0 Å². The van der Waals surface area contributed by atoms with Gasteiger partial charge in [-0.1, -0.05) is 81.3 Å². The Bertz CT molecular complexity index is 788. The third-order valence-electron chi connectivity index (χ3n) is 6.23. The molecule has 0 unspecified atom stereocenters. The Morgan fingerprint density at radius 3 is 2.38 bits per heavy atom. The molecular weight excluding hydrogens is 312 g/mol. The van der Waals surface area contributed by atoms with Crippen molar-refractivity contribution in [1.82, 2.24) is 0 Å². The van der Waals surface area contributed by atoms with Crippen molar-refractivity contribution >= 4 is 11.6 Å². The van der Waals surface area contributed by atoms with Crippen molar-refractivity contribution in [3.05, 3.63) is 82.9 Å². The minimum atomic E-state index is 0.859. The van der Waals surface area contributed by atoms with Gasteiger partial charge in [-0.25, -0.2) is 0 Å². The summed E-state index contributed by atoms with van der Waals surface area (Å²) in [4.78, 5) is 0. The lowest BCUT2D eigenvalue weighted by Crippen LogP contribution is -2.02. The molecule has 0 radical (unpaired) electrons. The van der Waals surface area contributed by atoms with Crippen LogP contribution in [0.2, 0.25) is 0 Å². The quantitative estimate of drug-likeness (QED) is 0.493. The Morgan fingerprint density at radius 2 is 1.65 bits per heavy atom. The van der Waals surface area contributed by atoms with Crippen LogP contribution in [-0.2, 0) is 12.8 Å². The second kappa shape index (κ2) is 8.54. The molecule has 2 aromatic carbocycles. The van der Waals surface area contributed by atoms with E-state index in [1.807, 2.05) is 6.08 Å². The summed E-state index contributed by atoms with van der Waals surface area (Å²) in [6, 6.07) is 13.2. The van der Waals surface area contributed by atoms with Gasteiger partial charge in [-0.2, -0.15) is 0 Å². The van der Waals surface area contributed by atoms with Crippen LogP contribution in [0.25, 0.3) is 11.6 Å². The highest BCUT2D eigenvalue weighted by Gasteiger charge is 2.18. The topological polar surface area (TPSA) is 0 Å². The number of rotatable bonds is 7. The zero-order valence-electron chi connectivity index (χ0n) is 16.5. The summed E-state index contributed by atoms with van der Waals surface area (Å²) in [5, 5.41) is 0. The minimum absolute atomic E-state index is 0.859. The molecule has 0 heteroatoms. The van der Waals surface area contributed by atoms with Gasteiger partial charge in [0.15, 0.2) is 0 Å². The Morgan fingerprint density at radius 1 is 0.962 bits per heavy atom. The molecule has 1 saturated carbocycles. The maximum absolute atomic E-state index is 4.43. The lowest BCUT2D eigenvalue weighted by atomic mass is 9.87. The van der Waals surface area contributed by atoms with Gasteiger partial charge in [0, 0.05) is 0 Å². The van der Waals surface area contributed by atoms with Crippen LogP contribution in [0, 0.1) is 19.8 Å². The molecule has 2 aromatic rings. The van der Waals surface area contributed by atoms with Crippen LogP contribution >= 0.6 is 0 Å². The average molecular weight is 345 g/mol. The van der Waals surface area contributed by atoms with Crippen LogP contribution in [0.1, 0.15) is 65.5 Å². The highest BCUT2D eigenvalue weighted by molar-refractivity contribution is 5.68. The fourth-order valence-electron chi connectivity index (χ4n) is 4.43. The SMILES string of the molecule is C=Cc1ccccc1CCc1ccc(C(=C)CC2CCCC2)c(C)c1C. The maximum atomic E-state index is 4.43. The van der Waals surface area contributed by atoms with Gasteiger partial charge < -0.3 is 0 Å². The van der Waals surface area contributed by atoms with Gasteiger partial charge in [0.2, 0.25) is 0 Å². The Balaban J connectivity index is 1.72. The Labute approximate surface area is 159 Å². The van der Waals surface area contributed by atoms with E-state index in [1.165, 1.54) is 71.1 Å². The smallest absolute Gasteiger partial charge is 0.0198 e. The number of benzene rings is 2. The highest BCUT2D eigenvalue weighted by Crippen LogP contribution is 2.34. The van der Waals surface area contributed by atoms with Gasteiger partial charge in [0.05, 0.1) is 0 Å². The van der Waals surface area contributed by atoms with Crippen molar-refractivity contribution in [2.24, 2.45) is 5.92 Å². The highest BCUT2D eigenvalue weighted by atomic mass is 14.2. The summed E-state index contributed by atoms with van der Waals surface area (Å²) in [5.41, 5.74) is 9.66. The molecule has 0 amide bonds. The Hall–Kier alpha value is -2.08. The maximum Gasteiger partial charge on any atom is -0.0198 e. The standard InChI is InChI=1S/C26H32/c1-5-23-12-8-9-13-25(23)15-14-24-16-17-26(21(4)20(24)3)19(2)18-22-10-6-7-11-22/h5,8-9,12-13,16-17,22H,1-2,6-7,10-11,14-15,18H2,3-4H3. The van der Waals surface area contributed by atoms with Crippen LogP contribution in [0.5, 0.6) is 0 Å². The van der Waals surface area contributed by atoms with E-state index in [2.05, 4.69) is 63.4 Å². The Kier molecular flexibility index (Phi) is 6.14. The van der Waals surface area contributed by atoms with E-state index in [0.717, 1.165) is 18.8 Å². The summed E-state index contributed by atoms with van der Waals surface area (Å²) in [6.07, 6.45) is 10.9. The van der Waals surface area contributed by atoms with Crippen LogP contribution in [0.15, 0.2) is 49.6 Å². The van der Waals surface area contributed by atoms with Crippen molar-refractivity contribution in [3.8, 4) is 0 Å². The van der Waals surface area contributed by atoms with Gasteiger partial charge in [-0.05, 0) is 78.0 Å². The molecular formula is C26H32. The molecule has 0 aromatic heterocycles. The van der Waals surface area contributed by atoms with Crippen molar-refractivity contribution < 1.29 is 0 Å². The summed E-state index contributed by atoms with van der Waals surface area (Å²) in [5.74, 6) is 0.859. The fourth-order valence-corrected chi connectivity index (χ4v) is 4.43. The predicted molar refractivity (Wildman–Crippen MR) is 115 cm³/mol. The van der Waals surface area contributed by atoms with Crippen LogP contribution in [-0.4, -0.2) is 0 Å². The summed E-state index contributed by atoms with van der Waals surface area (Å²) >= 11 is 0. The number of hydrogen-bond acceptors (Lipinski definition) is 0. The summed E-state index contributed by atoms with van der Waals surface area (Å²) in [7, 11) is 0. The fraction of sp³-hybridized carbons (Fsp3) is 0.385. The second-order valence-corrected chi connectivity index (χ2v) is 7.88. The van der Waals surface area contributed by atoms with Gasteiger partial charge in [-0.15, -0.1) is 0 Å². The molecule has 1 aliphatic rings. The van der Waals surface area contributed by atoms with E-state index in [0.29, 0.717) is 0 Å². The molecule has 0 N–H and O–H groups in total. The number of hydrogen-bond donors (Lipinski definition) is 0. The van der Waals surface area contributed by atoms with E-state index in [9.17, 15) is 0 Å². The minimum Gasteiger partial charge on any atom is -0.0985 e. The van der Waals surface area contributed by atoms with E-state index >= 15 is 0 Å². The molecule has 0 atom stereocenters. The lowest BCUT2D eigenvalue weighted by molar-refractivity contribution is 0.566. The third-order valence-corrected chi connectivity index (χ3v) is 6.23. The van der Waals surface area contributed by atoms with E-state index < -0.39 is 0 Å². The van der Waals surface area contributed by atoms with Crippen molar-refractivity contribution in [1.29, 1.82) is 0 Å².